The van der Waals surface area contributed by atoms with Crippen LogP contribution in [0.3, 0.4) is 0 Å². The fourth-order valence-electron chi connectivity index (χ4n) is 2.15. The van der Waals surface area contributed by atoms with Crippen LogP contribution < -0.4 is 0 Å². The second-order valence-corrected chi connectivity index (χ2v) is 3.74. The summed E-state index contributed by atoms with van der Waals surface area (Å²) in [4.78, 5) is 0. The molecule has 2 aliphatic rings. The van der Waals surface area contributed by atoms with Crippen molar-refractivity contribution < 1.29 is 4.74 Å². The van der Waals surface area contributed by atoms with Gasteiger partial charge in [-0.15, -0.1) is 0 Å². The predicted molar refractivity (Wildman–Crippen MR) is 56.8 cm³/mol. The molecule has 0 N–H and O–H groups in total. The lowest BCUT2D eigenvalue weighted by Crippen LogP contribution is -2.21. The molecular weight excluding hydrogens is 172 g/mol. The third-order valence-electron chi connectivity index (χ3n) is 2.88. The maximum atomic E-state index is 5.79. The molecule has 0 spiro atoms. The van der Waals surface area contributed by atoms with E-state index in [-0.39, 0.29) is 6.10 Å². The molecule has 1 aliphatic heterocycles. The van der Waals surface area contributed by atoms with Gasteiger partial charge >= 0.3 is 0 Å². The highest BCUT2D eigenvalue weighted by Crippen LogP contribution is 2.33. The van der Waals surface area contributed by atoms with Crippen molar-refractivity contribution in [3.05, 3.63) is 53.6 Å². The van der Waals surface area contributed by atoms with Gasteiger partial charge in [0.1, 0.15) is 0 Å². The number of rotatable bonds is 0. The highest BCUT2D eigenvalue weighted by Gasteiger charge is 2.23. The standard InChI is InChI=1S/C13H12O/c1-2-6-11-10(5-1)9-14-13-8-4-3-7-12(11)13/h1-7,13H,8-9H2. The van der Waals surface area contributed by atoms with E-state index in [9.17, 15) is 0 Å². The highest BCUT2D eigenvalue weighted by atomic mass is 16.5. The zero-order valence-electron chi connectivity index (χ0n) is 7.94. The van der Waals surface area contributed by atoms with Crippen LogP contribution in [0.15, 0.2) is 42.5 Å². The quantitative estimate of drug-likeness (QED) is 0.602. The van der Waals surface area contributed by atoms with Gasteiger partial charge in [-0.3, -0.25) is 0 Å². The van der Waals surface area contributed by atoms with Gasteiger partial charge < -0.3 is 4.74 Å². The van der Waals surface area contributed by atoms with Gasteiger partial charge in [0.25, 0.3) is 0 Å². The van der Waals surface area contributed by atoms with Gasteiger partial charge in [0.2, 0.25) is 0 Å². The molecule has 0 amide bonds. The van der Waals surface area contributed by atoms with Crippen LogP contribution in [0.25, 0.3) is 5.57 Å². The second-order valence-electron chi connectivity index (χ2n) is 3.74. The lowest BCUT2D eigenvalue weighted by Gasteiger charge is -2.29. The molecule has 1 unspecified atom stereocenters. The largest absolute Gasteiger partial charge is 0.368 e. The van der Waals surface area contributed by atoms with E-state index in [0.717, 1.165) is 13.0 Å². The Kier molecular flexibility index (Phi) is 1.78. The Labute approximate surface area is 83.7 Å². The molecule has 1 aromatic rings. The fraction of sp³-hybridized carbons (Fsp3) is 0.231. The molecule has 0 saturated carbocycles. The van der Waals surface area contributed by atoms with Crippen molar-refractivity contribution in [3.8, 4) is 0 Å². The number of hydrogen-bond acceptors (Lipinski definition) is 1. The van der Waals surface area contributed by atoms with Crippen molar-refractivity contribution in [1.82, 2.24) is 0 Å². The molecule has 1 aromatic carbocycles. The van der Waals surface area contributed by atoms with Gasteiger partial charge in [0.05, 0.1) is 12.7 Å². The van der Waals surface area contributed by atoms with Crippen LogP contribution in [0.5, 0.6) is 0 Å². The Morgan fingerprint density at radius 3 is 3.14 bits per heavy atom. The van der Waals surface area contributed by atoms with E-state index in [1.54, 1.807) is 0 Å². The molecule has 0 fully saturated rings. The van der Waals surface area contributed by atoms with Crippen LogP contribution in [0.1, 0.15) is 17.5 Å². The van der Waals surface area contributed by atoms with Crippen LogP contribution in [0.4, 0.5) is 0 Å². The van der Waals surface area contributed by atoms with Crippen LogP contribution in [0, 0.1) is 0 Å². The van der Waals surface area contributed by atoms with Crippen molar-refractivity contribution in [2.75, 3.05) is 0 Å². The first-order valence-electron chi connectivity index (χ1n) is 5.02. The lowest BCUT2D eigenvalue weighted by molar-refractivity contribution is 0.0726. The SMILES string of the molecule is C1=CCC2OCc3ccccc3C2=C1. The minimum Gasteiger partial charge on any atom is -0.368 e. The normalized spacial score (nSPS) is 23.7. The summed E-state index contributed by atoms with van der Waals surface area (Å²) >= 11 is 0. The molecule has 3 rings (SSSR count). The smallest absolute Gasteiger partial charge is 0.0869 e. The Balaban J connectivity index is 2.15. The molecule has 0 saturated heterocycles. The molecule has 1 heteroatoms. The van der Waals surface area contributed by atoms with Crippen molar-refractivity contribution in [3.63, 3.8) is 0 Å². The van der Waals surface area contributed by atoms with Crippen molar-refractivity contribution in [1.29, 1.82) is 0 Å². The Hall–Kier alpha value is -1.34. The third-order valence-corrected chi connectivity index (χ3v) is 2.88. The van der Waals surface area contributed by atoms with Gasteiger partial charge in [0.15, 0.2) is 0 Å². The molecule has 1 atom stereocenters. The molecule has 1 aliphatic carbocycles. The fourth-order valence-corrected chi connectivity index (χ4v) is 2.15. The maximum Gasteiger partial charge on any atom is 0.0869 e. The van der Waals surface area contributed by atoms with Gasteiger partial charge in [-0.1, -0.05) is 42.5 Å². The first kappa shape index (κ1) is 8.01. The molecule has 0 aromatic heterocycles. The highest BCUT2D eigenvalue weighted by molar-refractivity contribution is 5.74. The first-order chi connectivity index (χ1) is 6.95. The molecular formula is C13H12O. The van der Waals surface area contributed by atoms with E-state index < -0.39 is 0 Å². The minimum atomic E-state index is 0.287. The van der Waals surface area contributed by atoms with E-state index in [4.69, 9.17) is 4.74 Å². The molecule has 0 bridgehead atoms. The van der Waals surface area contributed by atoms with E-state index >= 15 is 0 Å². The van der Waals surface area contributed by atoms with Gasteiger partial charge in [-0.2, -0.15) is 0 Å². The Bertz CT molecular complexity index is 415. The monoisotopic (exact) mass is 184 g/mol. The molecule has 0 radical (unpaired) electrons. The summed E-state index contributed by atoms with van der Waals surface area (Å²) in [6.07, 6.45) is 7.76. The molecule has 1 heterocycles. The summed E-state index contributed by atoms with van der Waals surface area (Å²) in [5.74, 6) is 0. The average molecular weight is 184 g/mol. The summed E-state index contributed by atoms with van der Waals surface area (Å²) in [6, 6.07) is 8.50. The van der Waals surface area contributed by atoms with Crippen LogP contribution in [0.2, 0.25) is 0 Å². The second kappa shape index (κ2) is 3.10. The third kappa shape index (κ3) is 1.13. The lowest BCUT2D eigenvalue weighted by atomic mass is 9.89. The summed E-state index contributed by atoms with van der Waals surface area (Å²) < 4.78 is 5.79. The van der Waals surface area contributed by atoms with Gasteiger partial charge in [-0.25, -0.2) is 0 Å². The minimum absolute atomic E-state index is 0.287. The first-order valence-corrected chi connectivity index (χ1v) is 5.02. The Morgan fingerprint density at radius 1 is 1.21 bits per heavy atom. The van der Waals surface area contributed by atoms with Crippen LogP contribution >= 0.6 is 0 Å². The van der Waals surface area contributed by atoms with E-state index in [1.807, 2.05) is 0 Å². The van der Waals surface area contributed by atoms with Crippen molar-refractivity contribution in [2.24, 2.45) is 0 Å². The average Bonchev–Trinajstić information content (AvgIpc) is 2.29. The van der Waals surface area contributed by atoms with Crippen LogP contribution in [-0.4, -0.2) is 6.10 Å². The molecule has 1 nitrogen and oxygen atoms in total. The van der Waals surface area contributed by atoms with E-state index in [0.29, 0.717) is 0 Å². The van der Waals surface area contributed by atoms with Crippen molar-refractivity contribution >= 4 is 5.57 Å². The summed E-state index contributed by atoms with van der Waals surface area (Å²) in [7, 11) is 0. The van der Waals surface area contributed by atoms with Crippen molar-refractivity contribution in [2.45, 2.75) is 19.1 Å². The maximum absolute atomic E-state index is 5.79. The Morgan fingerprint density at radius 2 is 2.14 bits per heavy atom. The van der Waals surface area contributed by atoms with E-state index in [2.05, 4.69) is 42.5 Å². The van der Waals surface area contributed by atoms with Gasteiger partial charge in [-0.05, 0) is 23.1 Å². The molecule has 14 heavy (non-hydrogen) atoms. The number of fused-ring (bicyclic) bond motifs is 3. The van der Waals surface area contributed by atoms with Gasteiger partial charge in [0, 0.05) is 0 Å². The zero-order valence-corrected chi connectivity index (χ0v) is 7.94. The molecule has 70 valence electrons. The number of hydrogen-bond donors (Lipinski definition) is 0. The summed E-state index contributed by atoms with van der Waals surface area (Å²) in [5, 5.41) is 0. The topological polar surface area (TPSA) is 9.23 Å². The predicted octanol–water partition coefficient (Wildman–Crippen LogP) is 2.93. The summed E-state index contributed by atoms with van der Waals surface area (Å²) in [5.41, 5.74) is 4.02. The van der Waals surface area contributed by atoms with E-state index in [1.165, 1.54) is 16.7 Å². The van der Waals surface area contributed by atoms with Crippen LogP contribution in [-0.2, 0) is 11.3 Å². The number of ether oxygens (including phenoxy) is 1. The zero-order chi connectivity index (χ0) is 9.38. The number of allylic oxidation sites excluding steroid dienone is 2. The summed E-state index contributed by atoms with van der Waals surface area (Å²) in [6.45, 7) is 0.756. The number of benzene rings is 1.